The minimum atomic E-state index is -0.865. The number of aliphatic carboxylic acids is 1. The van der Waals surface area contributed by atoms with Gasteiger partial charge in [0, 0.05) is 12.6 Å². The summed E-state index contributed by atoms with van der Waals surface area (Å²) in [4.78, 5) is 24.7. The summed E-state index contributed by atoms with van der Waals surface area (Å²) in [5, 5.41) is 8.88. The van der Waals surface area contributed by atoms with Crippen LogP contribution in [-0.2, 0) is 4.79 Å². The molecule has 0 bridgehead atoms. The summed E-state index contributed by atoms with van der Waals surface area (Å²) in [6.45, 7) is 2.39. The second-order valence-electron chi connectivity index (χ2n) is 4.66. The quantitative estimate of drug-likeness (QED) is 0.892. The summed E-state index contributed by atoms with van der Waals surface area (Å²) in [6.07, 6.45) is 2.64. The normalized spacial score (nSPS) is 19.8. The maximum absolute atomic E-state index is 12.2. The van der Waals surface area contributed by atoms with Crippen molar-refractivity contribution in [2.75, 3.05) is 6.54 Å². The van der Waals surface area contributed by atoms with Gasteiger partial charge in [0.05, 0.1) is 6.42 Å². The lowest BCUT2D eigenvalue weighted by molar-refractivity contribution is -0.138. The van der Waals surface area contributed by atoms with Crippen molar-refractivity contribution < 1.29 is 19.1 Å². The predicted octanol–water partition coefficient (Wildman–Crippen LogP) is 2.06. The highest BCUT2D eigenvalue weighted by Crippen LogP contribution is 2.22. The molecule has 1 aromatic rings. The van der Waals surface area contributed by atoms with E-state index in [1.54, 1.807) is 24.0 Å². The lowest BCUT2D eigenvalue weighted by Gasteiger charge is -2.34. The largest absolute Gasteiger partial charge is 0.481 e. The molecule has 0 radical (unpaired) electrons. The number of carbonyl (C=O) groups is 2. The molecule has 1 aromatic heterocycles. The van der Waals surface area contributed by atoms with Crippen LogP contribution in [0.1, 0.15) is 42.0 Å². The molecule has 0 aromatic carbocycles. The van der Waals surface area contributed by atoms with Gasteiger partial charge in [-0.05, 0) is 38.3 Å². The second kappa shape index (κ2) is 5.25. The second-order valence-corrected chi connectivity index (χ2v) is 4.66. The Labute approximate surface area is 105 Å². The topological polar surface area (TPSA) is 70.8 Å². The number of carboxylic acids is 1. The van der Waals surface area contributed by atoms with Gasteiger partial charge in [-0.15, -0.1) is 0 Å². The Morgan fingerprint density at radius 3 is 2.83 bits per heavy atom. The maximum Gasteiger partial charge on any atom is 0.305 e. The molecule has 1 saturated heterocycles. The third kappa shape index (κ3) is 2.72. The van der Waals surface area contributed by atoms with Crippen LogP contribution in [0.15, 0.2) is 16.5 Å². The molecule has 5 nitrogen and oxygen atoms in total. The van der Waals surface area contributed by atoms with Gasteiger partial charge in [-0.25, -0.2) is 0 Å². The maximum atomic E-state index is 12.2. The zero-order chi connectivity index (χ0) is 13.1. The average Bonchev–Trinajstić information content (AvgIpc) is 2.75. The Balaban J connectivity index is 2.13. The zero-order valence-corrected chi connectivity index (χ0v) is 10.4. The van der Waals surface area contributed by atoms with Crippen molar-refractivity contribution in [3.05, 3.63) is 23.7 Å². The van der Waals surface area contributed by atoms with Gasteiger partial charge in [-0.2, -0.15) is 0 Å². The monoisotopic (exact) mass is 251 g/mol. The van der Waals surface area contributed by atoms with E-state index in [4.69, 9.17) is 9.52 Å². The number of amides is 1. The van der Waals surface area contributed by atoms with Gasteiger partial charge < -0.3 is 14.4 Å². The summed E-state index contributed by atoms with van der Waals surface area (Å²) < 4.78 is 5.31. The molecule has 2 rings (SSSR count). The number of carboxylic acid groups (broad SMARTS) is 1. The smallest absolute Gasteiger partial charge is 0.305 e. The van der Waals surface area contributed by atoms with Gasteiger partial charge in [-0.1, -0.05) is 0 Å². The Kier molecular flexibility index (Phi) is 3.69. The van der Waals surface area contributed by atoms with Crippen LogP contribution in [0.4, 0.5) is 0 Å². The molecule has 1 fully saturated rings. The third-order valence-corrected chi connectivity index (χ3v) is 3.25. The molecule has 0 saturated carbocycles. The van der Waals surface area contributed by atoms with Gasteiger partial charge in [0.1, 0.15) is 5.76 Å². The van der Waals surface area contributed by atoms with E-state index in [0.29, 0.717) is 18.1 Å². The number of nitrogens with zero attached hydrogens (tertiary/aromatic N) is 1. The molecule has 0 aliphatic carbocycles. The molecule has 1 N–H and O–H groups in total. The van der Waals surface area contributed by atoms with Crippen LogP contribution in [0.2, 0.25) is 0 Å². The number of rotatable bonds is 3. The van der Waals surface area contributed by atoms with E-state index in [0.717, 1.165) is 19.3 Å². The summed E-state index contributed by atoms with van der Waals surface area (Å²) in [6, 6.07) is 3.17. The average molecular weight is 251 g/mol. The highest BCUT2D eigenvalue weighted by atomic mass is 16.4. The summed E-state index contributed by atoms with van der Waals surface area (Å²) in [7, 11) is 0. The highest BCUT2D eigenvalue weighted by Gasteiger charge is 2.30. The van der Waals surface area contributed by atoms with Crippen molar-refractivity contribution in [3.8, 4) is 0 Å². The minimum absolute atomic E-state index is 0.00539. The fourth-order valence-electron chi connectivity index (χ4n) is 2.37. The Morgan fingerprint density at radius 2 is 2.22 bits per heavy atom. The van der Waals surface area contributed by atoms with Gasteiger partial charge in [-0.3, -0.25) is 9.59 Å². The van der Waals surface area contributed by atoms with Gasteiger partial charge >= 0.3 is 5.97 Å². The first-order chi connectivity index (χ1) is 8.58. The van der Waals surface area contributed by atoms with E-state index in [1.807, 2.05) is 0 Å². The van der Waals surface area contributed by atoms with Gasteiger partial charge in [0.25, 0.3) is 5.91 Å². The van der Waals surface area contributed by atoms with Crippen LogP contribution in [0.3, 0.4) is 0 Å². The SMILES string of the molecule is Cc1ccc(C(=O)N2CCCCC2CC(=O)O)o1. The summed E-state index contributed by atoms with van der Waals surface area (Å²) in [5.41, 5.74) is 0. The third-order valence-electron chi connectivity index (χ3n) is 3.25. The van der Waals surface area contributed by atoms with Crippen LogP contribution >= 0.6 is 0 Å². The number of hydrogen-bond donors (Lipinski definition) is 1. The molecule has 98 valence electrons. The van der Waals surface area contributed by atoms with Crippen molar-refractivity contribution in [1.82, 2.24) is 4.90 Å². The first-order valence-electron chi connectivity index (χ1n) is 6.17. The molecular formula is C13H17NO4. The van der Waals surface area contributed by atoms with Crippen LogP contribution in [0.5, 0.6) is 0 Å². The number of aryl methyl sites for hydroxylation is 1. The Hall–Kier alpha value is -1.78. The molecule has 1 amide bonds. The lowest BCUT2D eigenvalue weighted by Crippen LogP contribution is -2.44. The molecule has 0 spiro atoms. The Bertz CT molecular complexity index is 452. The highest BCUT2D eigenvalue weighted by molar-refractivity contribution is 5.92. The number of carbonyl (C=O) groups excluding carboxylic acids is 1. The number of hydrogen-bond acceptors (Lipinski definition) is 3. The molecule has 1 unspecified atom stereocenters. The predicted molar refractivity (Wildman–Crippen MR) is 64.4 cm³/mol. The van der Waals surface area contributed by atoms with Gasteiger partial charge in [0.2, 0.25) is 0 Å². The van der Waals surface area contributed by atoms with Crippen LogP contribution in [-0.4, -0.2) is 34.5 Å². The molecule has 1 atom stereocenters. The fraction of sp³-hybridized carbons (Fsp3) is 0.538. The molecular weight excluding hydrogens is 234 g/mol. The molecule has 1 aliphatic rings. The summed E-state index contributed by atoms with van der Waals surface area (Å²) >= 11 is 0. The summed E-state index contributed by atoms with van der Waals surface area (Å²) in [5.74, 6) is -0.0840. The zero-order valence-electron chi connectivity index (χ0n) is 10.4. The van der Waals surface area contributed by atoms with E-state index >= 15 is 0 Å². The van der Waals surface area contributed by atoms with Crippen LogP contribution in [0.25, 0.3) is 0 Å². The van der Waals surface area contributed by atoms with E-state index in [9.17, 15) is 9.59 Å². The fourth-order valence-corrected chi connectivity index (χ4v) is 2.37. The molecule has 5 heteroatoms. The molecule has 2 heterocycles. The van der Waals surface area contributed by atoms with Gasteiger partial charge in [0.15, 0.2) is 5.76 Å². The van der Waals surface area contributed by atoms with Crippen LogP contribution < -0.4 is 0 Å². The van der Waals surface area contributed by atoms with E-state index in [2.05, 4.69) is 0 Å². The molecule has 18 heavy (non-hydrogen) atoms. The van der Waals surface area contributed by atoms with E-state index in [1.165, 1.54) is 0 Å². The minimum Gasteiger partial charge on any atom is -0.481 e. The van der Waals surface area contributed by atoms with Crippen molar-refractivity contribution in [1.29, 1.82) is 0 Å². The Morgan fingerprint density at radius 1 is 1.44 bits per heavy atom. The number of likely N-dealkylation sites (tertiary alicyclic amines) is 1. The van der Waals surface area contributed by atoms with E-state index in [-0.39, 0.29) is 18.4 Å². The number of furan rings is 1. The van der Waals surface area contributed by atoms with Crippen molar-refractivity contribution in [3.63, 3.8) is 0 Å². The first kappa shape index (κ1) is 12.7. The molecule has 1 aliphatic heterocycles. The van der Waals surface area contributed by atoms with Crippen molar-refractivity contribution >= 4 is 11.9 Å². The first-order valence-corrected chi connectivity index (χ1v) is 6.17. The van der Waals surface area contributed by atoms with Crippen molar-refractivity contribution in [2.45, 2.75) is 38.6 Å². The number of piperidine rings is 1. The van der Waals surface area contributed by atoms with Crippen molar-refractivity contribution in [2.24, 2.45) is 0 Å². The van der Waals surface area contributed by atoms with Crippen LogP contribution in [0, 0.1) is 6.92 Å². The standard InChI is InChI=1S/C13H17NO4/c1-9-5-6-11(18-9)13(17)14-7-3-2-4-10(14)8-12(15)16/h5-6,10H,2-4,7-8H2,1H3,(H,15,16). The lowest BCUT2D eigenvalue weighted by atomic mass is 9.99. The van der Waals surface area contributed by atoms with E-state index < -0.39 is 5.97 Å².